The Labute approximate surface area is 119 Å². The Hall–Kier alpha value is -1.68. The number of carbonyl (C=O) groups excluding carboxylic acids is 1. The number of imidazole rings is 1. The molecule has 2 aromatic rings. The Balaban J connectivity index is 1.92. The van der Waals surface area contributed by atoms with Crippen LogP contribution in [0.15, 0.2) is 24.4 Å². The van der Waals surface area contributed by atoms with Crippen LogP contribution in [0.25, 0.3) is 5.65 Å². The van der Waals surface area contributed by atoms with Gasteiger partial charge in [0.25, 0.3) is 0 Å². The van der Waals surface area contributed by atoms with E-state index in [0.717, 1.165) is 24.2 Å². The maximum absolute atomic E-state index is 11.1. The van der Waals surface area contributed by atoms with Gasteiger partial charge in [0.05, 0.1) is 11.4 Å². The van der Waals surface area contributed by atoms with Gasteiger partial charge < -0.3 is 4.90 Å². The summed E-state index contributed by atoms with van der Waals surface area (Å²) in [5, 5.41) is 0. The monoisotopic (exact) mass is 271 g/mol. The minimum atomic E-state index is 0.477. The van der Waals surface area contributed by atoms with E-state index in [1.54, 1.807) is 0 Å². The molecule has 20 heavy (non-hydrogen) atoms. The lowest BCUT2D eigenvalue weighted by molar-refractivity contribution is 0.111. The first kappa shape index (κ1) is 13.3. The lowest BCUT2D eigenvalue weighted by atomic mass is 9.94. The SMILES string of the molecule is CC(C)N1CCCC(c2cn3c(C=O)cccc3n2)C1. The number of rotatable bonds is 3. The molecule has 0 aromatic carbocycles. The fourth-order valence-corrected chi connectivity index (χ4v) is 3.06. The molecule has 0 radical (unpaired) electrons. The Morgan fingerprint density at radius 3 is 3.00 bits per heavy atom. The van der Waals surface area contributed by atoms with E-state index in [9.17, 15) is 4.79 Å². The van der Waals surface area contributed by atoms with Gasteiger partial charge in [0.2, 0.25) is 0 Å². The molecule has 106 valence electrons. The zero-order valence-corrected chi connectivity index (χ0v) is 12.1. The summed E-state index contributed by atoms with van der Waals surface area (Å²) >= 11 is 0. The summed E-state index contributed by atoms with van der Waals surface area (Å²) in [7, 11) is 0. The van der Waals surface area contributed by atoms with Crippen molar-refractivity contribution in [1.29, 1.82) is 0 Å². The molecule has 0 N–H and O–H groups in total. The zero-order chi connectivity index (χ0) is 14.1. The van der Waals surface area contributed by atoms with Gasteiger partial charge in [-0.2, -0.15) is 0 Å². The van der Waals surface area contributed by atoms with Gasteiger partial charge in [-0.15, -0.1) is 0 Å². The van der Waals surface area contributed by atoms with Crippen molar-refractivity contribution in [2.45, 2.75) is 38.6 Å². The lowest BCUT2D eigenvalue weighted by Gasteiger charge is -2.34. The van der Waals surface area contributed by atoms with E-state index < -0.39 is 0 Å². The number of likely N-dealkylation sites (tertiary alicyclic amines) is 1. The number of piperidine rings is 1. The first-order chi connectivity index (χ1) is 9.69. The highest BCUT2D eigenvalue weighted by atomic mass is 16.1. The summed E-state index contributed by atoms with van der Waals surface area (Å²) in [6.07, 6.45) is 5.33. The average Bonchev–Trinajstić information content (AvgIpc) is 2.91. The van der Waals surface area contributed by atoms with Crippen LogP contribution in [0.4, 0.5) is 0 Å². The quantitative estimate of drug-likeness (QED) is 0.806. The van der Waals surface area contributed by atoms with Crippen LogP contribution in [0.5, 0.6) is 0 Å². The maximum Gasteiger partial charge on any atom is 0.166 e. The van der Waals surface area contributed by atoms with Crippen LogP contribution in [0.2, 0.25) is 0 Å². The van der Waals surface area contributed by atoms with Gasteiger partial charge in [-0.05, 0) is 45.4 Å². The third-order valence-electron chi connectivity index (χ3n) is 4.26. The molecule has 1 atom stereocenters. The van der Waals surface area contributed by atoms with Crippen molar-refractivity contribution in [3.05, 3.63) is 35.8 Å². The van der Waals surface area contributed by atoms with Crippen molar-refractivity contribution in [3.63, 3.8) is 0 Å². The second-order valence-corrected chi connectivity index (χ2v) is 5.89. The average molecular weight is 271 g/mol. The Morgan fingerprint density at radius 2 is 2.25 bits per heavy atom. The van der Waals surface area contributed by atoms with Crippen LogP contribution in [-0.4, -0.2) is 39.7 Å². The summed E-state index contributed by atoms with van der Waals surface area (Å²) in [5.74, 6) is 0.477. The first-order valence-electron chi connectivity index (χ1n) is 7.36. The normalized spacial score (nSPS) is 20.6. The van der Waals surface area contributed by atoms with Crippen molar-refractivity contribution in [3.8, 4) is 0 Å². The van der Waals surface area contributed by atoms with E-state index in [-0.39, 0.29) is 0 Å². The first-order valence-corrected chi connectivity index (χ1v) is 7.36. The summed E-state index contributed by atoms with van der Waals surface area (Å²) < 4.78 is 1.90. The second kappa shape index (κ2) is 5.37. The number of pyridine rings is 1. The number of aromatic nitrogens is 2. The number of aldehydes is 1. The zero-order valence-electron chi connectivity index (χ0n) is 12.1. The highest BCUT2D eigenvalue weighted by Gasteiger charge is 2.24. The molecule has 4 heteroatoms. The number of nitrogens with zero attached hydrogens (tertiary/aromatic N) is 3. The van der Waals surface area contributed by atoms with Gasteiger partial charge in [0.1, 0.15) is 5.65 Å². The number of fused-ring (bicyclic) bond motifs is 1. The Kier molecular flexibility index (Phi) is 3.57. The Morgan fingerprint density at radius 1 is 1.40 bits per heavy atom. The van der Waals surface area contributed by atoms with Crippen LogP contribution >= 0.6 is 0 Å². The number of hydrogen-bond acceptors (Lipinski definition) is 3. The van der Waals surface area contributed by atoms with Gasteiger partial charge in [-0.25, -0.2) is 4.98 Å². The molecule has 1 saturated heterocycles. The molecule has 1 aliphatic heterocycles. The molecule has 0 spiro atoms. The van der Waals surface area contributed by atoms with E-state index in [0.29, 0.717) is 17.7 Å². The smallest absolute Gasteiger partial charge is 0.166 e. The molecule has 3 heterocycles. The molecular weight excluding hydrogens is 250 g/mol. The van der Waals surface area contributed by atoms with Crippen molar-refractivity contribution in [2.75, 3.05) is 13.1 Å². The number of hydrogen-bond donors (Lipinski definition) is 0. The van der Waals surface area contributed by atoms with Crippen LogP contribution in [-0.2, 0) is 0 Å². The fraction of sp³-hybridized carbons (Fsp3) is 0.500. The lowest BCUT2D eigenvalue weighted by Crippen LogP contribution is -2.39. The van der Waals surface area contributed by atoms with Crippen LogP contribution < -0.4 is 0 Å². The summed E-state index contributed by atoms with van der Waals surface area (Å²) in [6, 6.07) is 6.25. The minimum Gasteiger partial charge on any atom is -0.300 e. The standard InChI is InChI=1S/C16H21N3O/c1-12(2)18-8-4-5-13(9-18)15-10-19-14(11-20)6-3-7-16(19)17-15/h3,6-7,10-13H,4-5,8-9H2,1-2H3. The highest BCUT2D eigenvalue weighted by molar-refractivity contribution is 5.73. The molecule has 4 nitrogen and oxygen atoms in total. The largest absolute Gasteiger partial charge is 0.300 e. The van der Waals surface area contributed by atoms with Crippen molar-refractivity contribution < 1.29 is 4.79 Å². The second-order valence-electron chi connectivity index (χ2n) is 5.89. The topological polar surface area (TPSA) is 37.6 Å². The van der Waals surface area contributed by atoms with Gasteiger partial charge in [0.15, 0.2) is 6.29 Å². The molecule has 2 aromatic heterocycles. The summed E-state index contributed by atoms with van der Waals surface area (Å²) in [6.45, 7) is 6.74. The van der Waals surface area contributed by atoms with E-state index in [4.69, 9.17) is 4.98 Å². The molecular formula is C16H21N3O. The summed E-state index contributed by atoms with van der Waals surface area (Å²) in [4.78, 5) is 18.3. The van der Waals surface area contributed by atoms with Crippen molar-refractivity contribution in [1.82, 2.24) is 14.3 Å². The minimum absolute atomic E-state index is 0.477. The molecule has 0 aliphatic carbocycles. The van der Waals surface area contributed by atoms with Crippen LogP contribution in [0.1, 0.15) is 48.8 Å². The highest BCUT2D eigenvalue weighted by Crippen LogP contribution is 2.27. The third-order valence-corrected chi connectivity index (χ3v) is 4.26. The van der Waals surface area contributed by atoms with E-state index in [1.165, 1.54) is 19.4 Å². The molecule has 1 aliphatic rings. The van der Waals surface area contributed by atoms with E-state index in [1.807, 2.05) is 28.8 Å². The number of carbonyl (C=O) groups is 1. The Bertz CT molecular complexity index is 617. The summed E-state index contributed by atoms with van der Waals surface area (Å²) in [5.41, 5.74) is 2.65. The van der Waals surface area contributed by atoms with Crippen LogP contribution in [0, 0.1) is 0 Å². The van der Waals surface area contributed by atoms with Gasteiger partial charge in [-0.3, -0.25) is 9.20 Å². The van der Waals surface area contributed by atoms with Gasteiger partial charge >= 0.3 is 0 Å². The predicted octanol–water partition coefficient (Wildman–Crippen LogP) is 2.73. The van der Waals surface area contributed by atoms with Crippen molar-refractivity contribution in [2.24, 2.45) is 0 Å². The third kappa shape index (κ3) is 2.36. The maximum atomic E-state index is 11.1. The van der Waals surface area contributed by atoms with Crippen molar-refractivity contribution >= 4 is 11.9 Å². The molecule has 1 fully saturated rings. The molecule has 1 unspecified atom stereocenters. The predicted molar refractivity (Wildman–Crippen MR) is 79.3 cm³/mol. The van der Waals surface area contributed by atoms with E-state index >= 15 is 0 Å². The fourth-order valence-electron chi connectivity index (χ4n) is 3.06. The molecule has 0 bridgehead atoms. The van der Waals surface area contributed by atoms with E-state index in [2.05, 4.69) is 18.7 Å². The molecule has 0 amide bonds. The molecule has 0 saturated carbocycles. The van der Waals surface area contributed by atoms with Gasteiger partial charge in [-0.1, -0.05) is 6.07 Å². The van der Waals surface area contributed by atoms with Crippen LogP contribution in [0.3, 0.4) is 0 Å². The molecule has 3 rings (SSSR count). The van der Waals surface area contributed by atoms with Gasteiger partial charge in [0, 0.05) is 24.7 Å².